The number of benzene rings is 2. The maximum absolute atomic E-state index is 13.0. The first-order chi connectivity index (χ1) is 12.7. The topological polar surface area (TPSA) is 76.5 Å². The van der Waals surface area contributed by atoms with Crippen molar-refractivity contribution >= 4 is 32.6 Å². The normalized spacial score (nSPS) is 17.2. The molecule has 0 radical (unpaired) electrons. The summed E-state index contributed by atoms with van der Waals surface area (Å²) in [6.45, 7) is -1.32. The van der Waals surface area contributed by atoms with E-state index in [4.69, 9.17) is 21.8 Å². The van der Waals surface area contributed by atoms with Gasteiger partial charge in [-0.15, -0.1) is 0 Å². The molecule has 1 aliphatic heterocycles. The molecule has 0 atom stereocenters. The van der Waals surface area contributed by atoms with E-state index in [1.165, 1.54) is 12.1 Å². The minimum atomic E-state index is -3.92. The zero-order valence-electron chi connectivity index (χ0n) is 14.0. The number of fused-ring (bicyclic) bond motifs is 1. The Morgan fingerprint density at radius 1 is 1.11 bits per heavy atom. The minimum Gasteiger partial charge on any atom is -0.458 e. The van der Waals surface area contributed by atoms with Crippen molar-refractivity contribution in [3.63, 3.8) is 0 Å². The van der Waals surface area contributed by atoms with Gasteiger partial charge < -0.3 is 10.2 Å². The van der Waals surface area contributed by atoms with E-state index in [1.54, 1.807) is 24.3 Å². The summed E-state index contributed by atoms with van der Waals surface area (Å²) in [4.78, 5) is -0.0253. The average molecular weight is 413 g/mol. The molecule has 2 heterocycles. The quantitative estimate of drug-likeness (QED) is 0.706. The molecule has 0 aliphatic carbocycles. The molecule has 4 rings (SSSR count). The van der Waals surface area contributed by atoms with Gasteiger partial charge >= 0.3 is 0 Å². The van der Waals surface area contributed by atoms with E-state index >= 15 is 0 Å². The first-order valence-electron chi connectivity index (χ1n) is 8.10. The molecule has 2 aromatic carbocycles. The number of halogens is 3. The molecule has 142 valence electrons. The molecule has 1 fully saturated rings. The highest BCUT2D eigenvalue weighted by molar-refractivity contribution is 7.89. The fourth-order valence-corrected chi connectivity index (χ4v) is 4.80. The molecule has 27 heavy (non-hydrogen) atoms. The molecule has 2 N–H and O–H groups in total. The lowest BCUT2D eigenvalue weighted by molar-refractivity contribution is -0.0945. The summed E-state index contributed by atoms with van der Waals surface area (Å²) < 4.78 is 57.0. The van der Waals surface area contributed by atoms with Gasteiger partial charge in [-0.25, -0.2) is 17.2 Å². The summed E-state index contributed by atoms with van der Waals surface area (Å²) in [5.74, 6) is -2.34. The number of furan rings is 1. The van der Waals surface area contributed by atoms with Crippen LogP contribution in [-0.4, -0.2) is 31.7 Å². The lowest BCUT2D eigenvalue weighted by atomic mass is 10.0. The van der Waals surface area contributed by atoms with E-state index in [-0.39, 0.29) is 11.4 Å². The van der Waals surface area contributed by atoms with Gasteiger partial charge in [0.05, 0.1) is 29.6 Å². The first-order valence-corrected chi connectivity index (χ1v) is 9.92. The first kappa shape index (κ1) is 18.4. The van der Waals surface area contributed by atoms with Gasteiger partial charge in [-0.1, -0.05) is 23.7 Å². The van der Waals surface area contributed by atoms with Gasteiger partial charge in [0.15, 0.2) is 5.58 Å². The lowest BCUT2D eigenvalue weighted by Crippen LogP contribution is -2.58. The Hall–Kier alpha value is -2.00. The van der Waals surface area contributed by atoms with Crippen LogP contribution in [0.25, 0.3) is 22.1 Å². The van der Waals surface area contributed by atoms with Gasteiger partial charge in [0.25, 0.3) is 5.92 Å². The van der Waals surface area contributed by atoms with Crippen LogP contribution in [0.2, 0.25) is 5.02 Å². The molecular weight excluding hydrogens is 398 g/mol. The highest BCUT2D eigenvalue weighted by Crippen LogP contribution is 2.35. The van der Waals surface area contributed by atoms with Gasteiger partial charge in [-0.3, -0.25) is 0 Å². The van der Waals surface area contributed by atoms with Crippen molar-refractivity contribution < 1.29 is 21.6 Å². The fraction of sp³-hybridized carbons (Fsp3) is 0.222. The van der Waals surface area contributed by atoms with Crippen LogP contribution < -0.4 is 5.73 Å². The molecule has 1 aromatic heterocycles. The van der Waals surface area contributed by atoms with Gasteiger partial charge in [0, 0.05) is 5.39 Å². The lowest BCUT2D eigenvalue weighted by Gasteiger charge is -2.37. The summed E-state index contributed by atoms with van der Waals surface area (Å²) in [6.07, 6.45) is 0. The fourth-order valence-electron chi connectivity index (χ4n) is 3.04. The Balaban J connectivity index is 1.65. The summed E-state index contributed by atoms with van der Waals surface area (Å²) in [5, 5.41) is 1.21. The van der Waals surface area contributed by atoms with Gasteiger partial charge in [-0.2, -0.15) is 4.31 Å². The van der Waals surface area contributed by atoms with Crippen LogP contribution in [0.3, 0.4) is 0 Å². The van der Waals surface area contributed by atoms with Gasteiger partial charge in [-0.05, 0) is 41.5 Å². The molecule has 1 saturated heterocycles. The van der Waals surface area contributed by atoms with E-state index in [0.717, 1.165) is 20.8 Å². The summed E-state index contributed by atoms with van der Waals surface area (Å²) >= 11 is 6.27. The third-order valence-corrected chi connectivity index (χ3v) is 6.55. The second kappa shape index (κ2) is 6.27. The molecule has 0 unspecified atom stereocenters. The Kier molecular flexibility index (Phi) is 4.27. The van der Waals surface area contributed by atoms with Crippen LogP contribution in [0.4, 0.5) is 8.78 Å². The zero-order chi connectivity index (χ0) is 19.4. The van der Waals surface area contributed by atoms with Gasteiger partial charge in [0.1, 0.15) is 5.76 Å². The smallest absolute Gasteiger partial charge is 0.275 e. The van der Waals surface area contributed by atoms with E-state index in [2.05, 4.69) is 0 Å². The van der Waals surface area contributed by atoms with Crippen LogP contribution in [-0.2, 0) is 16.6 Å². The standard InChI is InChI=1S/C18H15ClF2N2O3S/c19-16-7-12(5-13-6-14(8-22)26-17(13)16)11-1-3-15(4-2-11)27(24,25)23-9-18(20,21)10-23/h1-7H,8-10,22H2. The van der Waals surface area contributed by atoms with Crippen molar-refractivity contribution in [1.29, 1.82) is 0 Å². The highest BCUT2D eigenvalue weighted by Gasteiger charge is 2.49. The van der Waals surface area contributed by atoms with Crippen molar-refractivity contribution in [2.45, 2.75) is 17.4 Å². The maximum atomic E-state index is 13.0. The van der Waals surface area contributed by atoms with Crippen molar-refractivity contribution in [2.24, 2.45) is 5.73 Å². The molecule has 0 amide bonds. The number of alkyl halides is 2. The number of hydrogen-bond donors (Lipinski definition) is 1. The second-order valence-electron chi connectivity index (χ2n) is 6.45. The molecule has 1 aliphatic rings. The molecule has 0 bridgehead atoms. The number of hydrogen-bond acceptors (Lipinski definition) is 4. The average Bonchev–Trinajstić information content (AvgIpc) is 3.03. The molecule has 3 aromatic rings. The molecular formula is C18H15ClF2N2O3S. The van der Waals surface area contributed by atoms with Crippen LogP contribution in [0.1, 0.15) is 5.76 Å². The number of nitrogens with two attached hydrogens (primary N) is 1. The van der Waals surface area contributed by atoms with Gasteiger partial charge in [0.2, 0.25) is 10.0 Å². The number of rotatable bonds is 4. The van der Waals surface area contributed by atoms with Crippen molar-refractivity contribution in [1.82, 2.24) is 4.31 Å². The Morgan fingerprint density at radius 2 is 1.78 bits per heavy atom. The van der Waals surface area contributed by atoms with E-state index in [1.807, 2.05) is 6.07 Å². The molecule has 9 heteroatoms. The SMILES string of the molecule is NCc1cc2cc(-c3ccc(S(=O)(=O)N4CC(F)(F)C4)cc3)cc(Cl)c2o1. The predicted octanol–water partition coefficient (Wildman–Crippen LogP) is 3.85. The zero-order valence-corrected chi connectivity index (χ0v) is 15.5. The predicted molar refractivity (Wildman–Crippen MR) is 98.3 cm³/mol. The Labute approximate surface area is 159 Å². The van der Waals surface area contributed by atoms with Crippen molar-refractivity contribution in [2.75, 3.05) is 13.1 Å². The number of nitrogens with zero attached hydrogens (tertiary/aromatic N) is 1. The van der Waals surface area contributed by atoms with E-state index in [0.29, 0.717) is 16.4 Å². The Morgan fingerprint density at radius 3 is 2.37 bits per heavy atom. The van der Waals surface area contributed by atoms with Crippen molar-refractivity contribution in [3.8, 4) is 11.1 Å². The highest BCUT2D eigenvalue weighted by atomic mass is 35.5. The van der Waals surface area contributed by atoms with Crippen molar-refractivity contribution in [3.05, 3.63) is 53.2 Å². The molecule has 0 saturated carbocycles. The minimum absolute atomic E-state index is 0.0253. The maximum Gasteiger partial charge on any atom is 0.275 e. The van der Waals surface area contributed by atoms with E-state index in [9.17, 15) is 17.2 Å². The largest absolute Gasteiger partial charge is 0.458 e. The number of sulfonamides is 1. The second-order valence-corrected chi connectivity index (χ2v) is 8.79. The molecule has 5 nitrogen and oxygen atoms in total. The van der Waals surface area contributed by atoms with Crippen LogP contribution in [0, 0.1) is 0 Å². The van der Waals surface area contributed by atoms with Crippen LogP contribution in [0.5, 0.6) is 0 Å². The third-order valence-electron chi connectivity index (χ3n) is 4.46. The summed E-state index contributed by atoms with van der Waals surface area (Å²) in [7, 11) is -3.92. The molecule has 0 spiro atoms. The third kappa shape index (κ3) is 3.23. The van der Waals surface area contributed by atoms with E-state index < -0.39 is 29.0 Å². The monoisotopic (exact) mass is 412 g/mol. The summed E-state index contributed by atoms with van der Waals surface area (Å²) in [5.41, 5.74) is 7.64. The summed E-state index contributed by atoms with van der Waals surface area (Å²) in [6, 6.07) is 11.4. The van der Waals surface area contributed by atoms with Crippen LogP contribution in [0.15, 0.2) is 51.8 Å². The van der Waals surface area contributed by atoms with Crippen LogP contribution >= 0.6 is 11.6 Å². The Bertz CT molecular complexity index is 1120.